The molecule has 86 valence electrons. The topological polar surface area (TPSA) is 44.8 Å². The monoisotopic (exact) mass is 278 g/mol. The van der Waals surface area contributed by atoms with Crippen molar-refractivity contribution in [3.8, 4) is 0 Å². The highest BCUT2D eigenvalue weighted by atomic mass is 79.9. The van der Waals surface area contributed by atoms with Gasteiger partial charge < -0.3 is 14.2 Å². The van der Waals surface area contributed by atoms with Crippen LogP contribution in [-0.2, 0) is 19.0 Å². The molecule has 0 amide bonds. The molecule has 0 aromatic carbocycles. The SMILES string of the molecule is CCOC(=O)/C=C(\CBr)C1(C)OCCO1. The zero-order valence-electron chi connectivity index (χ0n) is 8.92. The smallest absolute Gasteiger partial charge is 0.330 e. The van der Waals surface area contributed by atoms with Gasteiger partial charge >= 0.3 is 5.97 Å². The van der Waals surface area contributed by atoms with Crippen molar-refractivity contribution < 1.29 is 19.0 Å². The number of rotatable bonds is 4. The van der Waals surface area contributed by atoms with Crippen LogP contribution < -0.4 is 0 Å². The lowest BCUT2D eigenvalue weighted by Gasteiger charge is -2.24. The van der Waals surface area contributed by atoms with Crippen molar-refractivity contribution in [2.24, 2.45) is 0 Å². The highest BCUT2D eigenvalue weighted by Crippen LogP contribution is 2.28. The second-order valence-corrected chi connectivity index (χ2v) is 3.76. The Kier molecular flexibility index (Phi) is 4.76. The van der Waals surface area contributed by atoms with E-state index in [9.17, 15) is 4.79 Å². The molecule has 0 atom stereocenters. The molecule has 4 nitrogen and oxygen atoms in total. The van der Waals surface area contributed by atoms with Gasteiger partial charge in [0.05, 0.1) is 19.8 Å². The van der Waals surface area contributed by atoms with Crippen LogP contribution in [0.1, 0.15) is 13.8 Å². The van der Waals surface area contributed by atoms with Gasteiger partial charge in [0.25, 0.3) is 0 Å². The van der Waals surface area contributed by atoms with Gasteiger partial charge in [-0.05, 0) is 13.8 Å². The van der Waals surface area contributed by atoms with E-state index in [0.717, 1.165) is 5.57 Å². The van der Waals surface area contributed by atoms with Crippen LogP contribution in [0.2, 0.25) is 0 Å². The van der Waals surface area contributed by atoms with E-state index in [4.69, 9.17) is 14.2 Å². The molecule has 1 aliphatic rings. The summed E-state index contributed by atoms with van der Waals surface area (Å²) < 4.78 is 15.7. The number of carbonyl (C=O) groups excluding carboxylic acids is 1. The fraction of sp³-hybridized carbons (Fsp3) is 0.700. The molecular weight excluding hydrogens is 264 g/mol. The molecule has 1 heterocycles. The van der Waals surface area contributed by atoms with Gasteiger partial charge in [-0.25, -0.2) is 4.79 Å². The van der Waals surface area contributed by atoms with Crippen LogP contribution in [0.5, 0.6) is 0 Å². The van der Waals surface area contributed by atoms with Crippen LogP contribution in [-0.4, -0.2) is 36.9 Å². The lowest BCUT2D eigenvalue weighted by molar-refractivity contribution is -0.138. The molecule has 1 fully saturated rings. The minimum atomic E-state index is -0.795. The third kappa shape index (κ3) is 3.29. The first kappa shape index (κ1) is 12.7. The molecule has 0 spiro atoms. The van der Waals surface area contributed by atoms with Crippen molar-refractivity contribution in [1.29, 1.82) is 0 Å². The second kappa shape index (κ2) is 5.63. The summed E-state index contributed by atoms with van der Waals surface area (Å²) in [6.45, 7) is 5.02. The molecule has 0 aliphatic carbocycles. The number of alkyl halides is 1. The summed E-state index contributed by atoms with van der Waals surface area (Å²) in [5, 5.41) is 0.516. The van der Waals surface area contributed by atoms with E-state index in [-0.39, 0.29) is 5.97 Å². The van der Waals surface area contributed by atoms with Crippen molar-refractivity contribution >= 4 is 21.9 Å². The third-order valence-corrected chi connectivity index (χ3v) is 2.75. The number of hydrogen-bond donors (Lipinski definition) is 0. The van der Waals surface area contributed by atoms with E-state index in [0.29, 0.717) is 25.2 Å². The van der Waals surface area contributed by atoms with Gasteiger partial charge in [-0.2, -0.15) is 0 Å². The highest BCUT2D eigenvalue weighted by Gasteiger charge is 2.35. The van der Waals surface area contributed by atoms with Gasteiger partial charge in [0.1, 0.15) is 0 Å². The molecular formula is C10H15BrO4. The number of halogens is 1. The van der Waals surface area contributed by atoms with Crippen LogP contribution in [0.4, 0.5) is 0 Å². The van der Waals surface area contributed by atoms with Gasteiger partial charge in [-0.1, -0.05) is 15.9 Å². The summed E-state index contributed by atoms with van der Waals surface area (Å²) in [6, 6.07) is 0. The quantitative estimate of drug-likeness (QED) is 0.446. The molecule has 0 saturated carbocycles. The Hall–Kier alpha value is -0.390. The standard InChI is InChI=1S/C10H15BrO4/c1-3-13-9(12)6-8(7-11)10(2)14-4-5-15-10/h6H,3-5,7H2,1-2H3/b8-6+. The van der Waals surface area contributed by atoms with Crippen LogP contribution >= 0.6 is 15.9 Å². The predicted molar refractivity (Wildman–Crippen MR) is 58.8 cm³/mol. The Bertz CT molecular complexity index is 256. The summed E-state index contributed by atoms with van der Waals surface area (Å²) >= 11 is 3.30. The van der Waals surface area contributed by atoms with Gasteiger partial charge in [0.15, 0.2) is 5.79 Å². The van der Waals surface area contributed by atoms with E-state index < -0.39 is 5.79 Å². The largest absolute Gasteiger partial charge is 0.463 e. The molecule has 1 rings (SSSR count). The van der Waals surface area contributed by atoms with E-state index in [1.807, 2.05) is 0 Å². The number of hydrogen-bond acceptors (Lipinski definition) is 4. The van der Waals surface area contributed by atoms with E-state index >= 15 is 0 Å². The summed E-state index contributed by atoms with van der Waals surface area (Å²) in [6.07, 6.45) is 1.42. The summed E-state index contributed by atoms with van der Waals surface area (Å²) in [4.78, 5) is 11.3. The van der Waals surface area contributed by atoms with Crippen molar-refractivity contribution in [1.82, 2.24) is 0 Å². The summed E-state index contributed by atoms with van der Waals surface area (Å²) in [5.74, 6) is -1.16. The van der Waals surface area contributed by atoms with Crippen molar-refractivity contribution in [2.75, 3.05) is 25.2 Å². The molecule has 5 heteroatoms. The van der Waals surface area contributed by atoms with Crippen LogP contribution in [0.3, 0.4) is 0 Å². The molecule has 1 aliphatic heterocycles. The fourth-order valence-corrected chi connectivity index (χ4v) is 1.99. The van der Waals surface area contributed by atoms with Crippen LogP contribution in [0.25, 0.3) is 0 Å². The molecule has 0 radical (unpaired) electrons. The molecule has 0 unspecified atom stereocenters. The normalized spacial score (nSPS) is 20.3. The Labute approximate surface area is 97.7 Å². The van der Waals surface area contributed by atoms with Crippen molar-refractivity contribution in [3.63, 3.8) is 0 Å². The molecule has 1 saturated heterocycles. The maximum atomic E-state index is 11.3. The zero-order valence-corrected chi connectivity index (χ0v) is 10.5. The summed E-state index contributed by atoms with van der Waals surface area (Å²) in [7, 11) is 0. The van der Waals surface area contributed by atoms with E-state index in [1.54, 1.807) is 13.8 Å². The van der Waals surface area contributed by atoms with Gasteiger partial charge in [-0.3, -0.25) is 0 Å². The average Bonchev–Trinajstić information content (AvgIpc) is 2.63. The van der Waals surface area contributed by atoms with Gasteiger partial charge in [-0.15, -0.1) is 0 Å². The first-order chi connectivity index (χ1) is 7.12. The lowest BCUT2D eigenvalue weighted by Crippen LogP contribution is -2.30. The number of carbonyl (C=O) groups is 1. The predicted octanol–water partition coefficient (Wildman–Crippen LogP) is 1.63. The molecule has 0 aromatic rings. The zero-order chi connectivity index (χ0) is 11.3. The van der Waals surface area contributed by atoms with Gasteiger partial charge in [0, 0.05) is 17.0 Å². The Morgan fingerprint density at radius 2 is 2.13 bits per heavy atom. The maximum absolute atomic E-state index is 11.3. The number of esters is 1. The first-order valence-corrected chi connectivity index (χ1v) is 5.96. The Balaban J connectivity index is 2.73. The molecule has 0 bridgehead atoms. The third-order valence-electron chi connectivity index (χ3n) is 2.14. The Morgan fingerprint density at radius 1 is 1.53 bits per heavy atom. The van der Waals surface area contributed by atoms with Crippen LogP contribution in [0, 0.1) is 0 Å². The van der Waals surface area contributed by atoms with Crippen LogP contribution in [0.15, 0.2) is 11.6 Å². The fourth-order valence-electron chi connectivity index (χ4n) is 1.32. The first-order valence-electron chi connectivity index (χ1n) is 4.84. The molecule has 0 aromatic heterocycles. The van der Waals surface area contributed by atoms with Gasteiger partial charge in [0.2, 0.25) is 0 Å². The second-order valence-electron chi connectivity index (χ2n) is 3.20. The van der Waals surface area contributed by atoms with E-state index in [1.165, 1.54) is 6.08 Å². The average molecular weight is 279 g/mol. The summed E-state index contributed by atoms with van der Waals surface area (Å²) in [5.41, 5.74) is 0.735. The minimum absolute atomic E-state index is 0.364. The lowest BCUT2D eigenvalue weighted by atomic mass is 10.1. The molecule has 15 heavy (non-hydrogen) atoms. The highest BCUT2D eigenvalue weighted by molar-refractivity contribution is 9.09. The van der Waals surface area contributed by atoms with Crippen molar-refractivity contribution in [2.45, 2.75) is 19.6 Å². The number of ether oxygens (including phenoxy) is 3. The van der Waals surface area contributed by atoms with Crippen molar-refractivity contribution in [3.05, 3.63) is 11.6 Å². The maximum Gasteiger partial charge on any atom is 0.330 e. The minimum Gasteiger partial charge on any atom is -0.463 e. The molecule has 0 N–H and O–H groups in total. The Morgan fingerprint density at radius 3 is 2.60 bits per heavy atom. The van der Waals surface area contributed by atoms with E-state index in [2.05, 4.69) is 15.9 Å².